The summed E-state index contributed by atoms with van der Waals surface area (Å²) in [6.45, 7) is 0. The summed E-state index contributed by atoms with van der Waals surface area (Å²) < 4.78 is 337. The van der Waals surface area contributed by atoms with E-state index in [0.29, 0.717) is 0 Å². The second kappa shape index (κ2) is 15.1. The quantitative estimate of drug-likeness (QED) is 0.143. The number of hydrogen-bond acceptors (Lipinski definition) is 0. The molecule has 4 aromatic carbocycles. The topological polar surface area (TPSA) is 0 Å². The third kappa shape index (κ3) is 9.50. The molecule has 0 unspecified atom stereocenters. The first-order chi connectivity index (χ1) is 25.3. The van der Waals surface area contributed by atoms with Crippen molar-refractivity contribution in [3.8, 4) is 0 Å². The van der Waals surface area contributed by atoms with Crippen molar-refractivity contribution < 1.29 is 135 Å². The van der Waals surface area contributed by atoms with Crippen molar-refractivity contribution >= 4 is 28.0 Å². The van der Waals surface area contributed by atoms with Crippen LogP contribution >= 0.6 is 0 Å². The van der Waals surface area contributed by atoms with Gasteiger partial charge in [0.1, 0.15) is 6.15 Å². The van der Waals surface area contributed by atoms with E-state index in [1.165, 1.54) is 0 Å². The summed E-state index contributed by atoms with van der Waals surface area (Å²) in [4.78, 5) is 0. The zero-order chi connectivity index (χ0) is 43.9. The molecule has 0 amide bonds. The normalized spacial score (nSPS) is 14.1. The van der Waals surface area contributed by atoms with Gasteiger partial charge in [0, 0.05) is 0 Å². The van der Waals surface area contributed by atoms with Crippen LogP contribution in [0.25, 0.3) is 0 Å². The molecule has 0 fully saturated rings. The molecule has 0 aliphatic rings. The van der Waals surface area contributed by atoms with E-state index in [9.17, 15) is 105 Å². The smallest absolute Gasteiger partial charge is 0.195 e. The van der Waals surface area contributed by atoms with Gasteiger partial charge in [-0.3, -0.25) is 0 Å². The second-order valence-corrected chi connectivity index (χ2v) is 12.1. The Kier molecular flexibility index (Phi) is 12.6. The van der Waals surface area contributed by atoms with Crippen LogP contribution in [0.15, 0.2) is 72.8 Å². The molecule has 58 heavy (non-hydrogen) atoms. The third-order valence-electron chi connectivity index (χ3n) is 8.62. The Labute approximate surface area is 329 Å². The van der Waals surface area contributed by atoms with E-state index in [1.54, 1.807) is 0 Å². The summed E-state index contributed by atoms with van der Waals surface area (Å²) in [6, 6.07) is -5.96. The summed E-state index contributed by atoms with van der Waals surface area (Å²) in [5.41, 5.74) is -29.4. The van der Waals surface area contributed by atoms with Crippen molar-refractivity contribution in [1.82, 2.24) is 0 Å². The molecule has 0 radical (unpaired) electrons. The van der Waals surface area contributed by atoms with E-state index >= 15 is 0 Å². The average molecular weight is 886 g/mol. The van der Waals surface area contributed by atoms with Crippen molar-refractivity contribution in [2.75, 3.05) is 0 Å². The van der Waals surface area contributed by atoms with Crippen LogP contribution in [0.4, 0.5) is 105 Å². The Morgan fingerprint density at radius 3 is 0.483 bits per heavy atom. The van der Waals surface area contributed by atoms with E-state index in [2.05, 4.69) is 0 Å². The van der Waals surface area contributed by atoms with E-state index < -0.39 is 170 Å². The number of benzene rings is 4. The molecule has 0 saturated carbocycles. The Morgan fingerprint density at radius 1 is 0.224 bits per heavy atom. The zero-order valence-electron chi connectivity index (χ0n) is 27.6. The minimum atomic E-state index is -6.26. The monoisotopic (exact) mass is 886 g/mol. The van der Waals surface area contributed by atoms with Crippen LogP contribution in [-0.2, 0) is 49.4 Å². The molecular weight excluding hydrogens is 874 g/mol. The van der Waals surface area contributed by atoms with Crippen LogP contribution in [0.2, 0.25) is 0 Å². The standard InChI is InChI=1S/C32H12BF24.Na/c34-25(35,36)17-5-1-13(9-21(17)29(46,47)48)33(14-2-6-18(26(37,38)39)22(10-14)30(49,50)51,15-3-7-19(27(40,41)42)23(11-15)31(52,53)54)16-4-8-20(28(43,44)45)24(12-16)32(55,56)57;/h1-12H;/q-1;+1. The van der Waals surface area contributed by atoms with E-state index in [-0.39, 0.29) is 53.8 Å². The van der Waals surface area contributed by atoms with Crippen molar-refractivity contribution in [1.29, 1.82) is 0 Å². The average Bonchev–Trinajstić information content (AvgIpc) is 3.01. The zero-order valence-corrected chi connectivity index (χ0v) is 29.6. The summed E-state index contributed by atoms with van der Waals surface area (Å²) in [5.74, 6) is 0. The van der Waals surface area contributed by atoms with Crippen molar-refractivity contribution in [2.45, 2.75) is 49.4 Å². The molecule has 0 atom stereocenters. The summed E-state index contributed by atoms with van der Waals surface area (Å²) in [6.07, 6.45) is -54.4. The SMILES string of the molecule is FC(F)(F)c1ccc([B-](c2ccc(C(F)(F)F)c(C(F)(F)F)c2)(c2ccc(C(F)(F)F)c(C(F)(F)F)c2)c2ccc(C(F)(F)F)c(C(F)(F)F)c2)cc1C(F)(F)F.[Na+]. The molecule has 0 aliphatic heterocycles. The van der Waals surface area contributed by atoms with Gasteiger partial charge in [-0.1, -0.05) is 72.8 Å². The van der Waals surface area contributed by atoms with Gasteiger partial charge in [-0.05, 0) is 0 Å². The van der Waals surface area contributed by atoms with Crippen LogP contribution in [0.3, 0.4) is 0 Å². The predicted molar refractivity (Wildman–Crippen MR) is 150 cm³/mol. The van der Waals surface area contributed by atoms with Gasteiger partial charge in [0.25, 0.3) is 0 Å². The number of rotatable bonds is 4. The summed E-state index contributed by atoms with van der Waals surface area (Å²) in [7, 11) is 0. The van der Waals surface area contributed by atoms with Crippen LogP contribution in [0.1, 0.15) is 44.5 Å². The van der Waals surface area contributed by atoms with Gasteiger partial charge in [0.15, 0.2) is 0 Å². The number of halogens is 24. The molecule has 0 saturated heterocycles. The van der Waals surface area contributed by atoms with E-state index in [1.807, 2.05) is 0 Å². The van der Waals surface area contributed by atoms with Crippen molar-refractivity contribution in [3.05, 3.63) is 117 Å². The first kappa shape index (κ1) is 48.6. The maximum absolute atomic E-state index is 14.3. The fraction of sp³-hybridized carbons (Fsp3) is 0.250. The molecule has 0 N–H and O–H groups in total. The molecule has 4 rings (SSSR count). The van der Waals surface area contributed by atoms with Gasteiger partial charge in [-0.25, -0.2) is 0 Å². The largest absolute Gasteiger partial charge is 1.00 e. The maximum Gasteiger partial charge on any atom is 1.00 e. The van der Waals surface area contributed by atoms with Gasteiger partial charge < -0.3 is 0 Å². The van der Waals surface area contributed by atoms with Crippen LogP contribution in [0.5, 0.6) is 0 Å². The van der Waals surface area contributed by atoms with Crippen LogP contribution < -0.4 is 51.4 Å². The predicted octanol–water partition coefficient (Wildman–Crippen LogP) is 8.22. The second-order valence-electron chi connectivity index (χ2n) is 12.1. The Hall–Kier alpha value is -3.74. The first-order valence-corrected chi connectivity index (χ1v) is 14.6. The first-order valence-electron chi connectivity index (χ1n) is 14.6. The molecule has 4 aromatic rings. The van der Waals surface area contributed by atoms with Crippen molar-refractivity contribution in [3.63, 3.8) is 0 Å². The Morgan fingerprint density at radius 2 is 0.362 bits per heavy atom. The fourth-order valence-corrected chi connectivity index (χ4v) is 6.41. The number of alkyl halides is 24. The van der Waals surface area contributed by atoms with Crippen molar-refractivity contribution in [2.24, 2.45) is 0 Å². The van der Waals surface area contributed by atoms with Crippen LogP contribution in [0, 0.1) is 0 Å². The molecule has 26 heteroatoms. The molecule has 0 bridgehead atoms. The van der Waals surface area contributed by atoms with Crippen LogP contribution in [-0.4, -0.2) is 6.15 Å². The molecule has 312 valence electrons. The minimum Gasteiger partial charge on any atom is -0.195 e. The maximum atomic E-state index is 14.3. The van der Waals surface area contributed by atoms with Gasteiger partial charge in [0.05, 0.1) is 44.5 Å². The summed E-state index contributed by atoms with van der Waals surface area (Å²) in [5, 5.41) is 0. The van der Waals surface area contributed by atoms with Gasteiger partial charge in [-0.15, -0.1) is 0 Å². The molecule has 0 heterocycles. The van der Waals surface area contributed by atoms with Gasteiger partial charge in [0.2, 0.25) is 0 Å². The molecule has 0 aromatic heterocycles. The molecule has 0 nitrogen and oxygen atoms in total. The Balaban J connectivity index is 0.00000900. The van der Waals surface area contributed by atoms with Gasteiger partial charge in [-0.2, -0.15) is 127 Å². The van der Waals surface area contributed by atoms with E-state index in [0.717, 1.165) is 0 Å². The molecular formula is C32H12BF24Na. The molecule has 0 spiro atoms. The van der Waals surface area contributed by atoms with Gasteiger partial charge >= 0.3 is 79.0 Å². The Bertz CT molecular complexity index is 1830. The number of hydrogen-bond donors (Lipinski definition) is 0. The summed E-state index contributed by atoms with van der Waals surface area (Å²) >= 11 is 0. The third-order valence-corrected chi connectivity index (χ3v) is 8.62. The fourth-order valence-electron chi connectivity index (χ4n) is 6.41. The van der Waals surface area contributed by atoms with E-state index in [4.69, 9.17) is 0 Å². The minimum absolute atomic E-state index is 0. The molecule has 0 aliphatic carbocycles.